The molecule has 0 heterocycles. The van der Waals surface area contributed by atoms with Gasteiger partial charge in [0.1, 0.15) is 11.5 Å². The summed E-state index contributed by atoms with van der Waals surface area (Å²) in [5, 5.41) is 0. The molecule has 1 spiro atoms. The largest absolute Gasteiger partial charge is 0.497 e. The van der Waals surface area contributed by atoms with Crippen molar-refractivity contribution >= 4 is 11.1 Å². The molecule has 2 aliphatic carbocycles. The monoisotopic (exact) mass is 500 g/mol. The fraction of sp³-hybridized carbons (Fsp3) is 0.278. The maximum absolute atomic E-state index is 5.48. The Labute approximate surface area is 227 Å². The Bertz CT molecular complexity index is 1390. The molecule has 0 radical (unpaired) electrons. The zero-order valence-corrected chi connectivity index (χ0v) is 22.5. The second-order valence-electron chi connectivity index (χ2n) is 10.9. The van der Waals surface area contributed by atoms with Crippen LogP contribution in [0.3, 0.4) is 0 Å². The van der Waals surface area contributed by atoms with E-state index in [0.29, 0.717) is 5.92 Å². The predicted octanol–water partition coefficient (Wildman–Crippen LogP) is 9.42. The lowest BCUT2D eigenvalue weighted by Gasteiger charge is -2.40. The van der Waals surface area contributed by atoms with E-state index in [4.69, 9.17) is 9.47 Å². The van der Waals surface area contributed by atoms with Crippen LogP contribution < -0.4 is 9.47 Å². The molecule has 4 aromatic carbocycles. The number of allylic oxidation sites excluding steroid dienone is 2. The van der Waals surface area contributed by atoms with Crippen LogP contribution in [0.15, 0.2) is 103 Å². The topological polar surface area (TPSA) is 18.5 Å². The highest BCUT2D eigenvalue weighted by Gasteiger charge is 2.44. The van der Waals surface area contributed by atoms with Gasteiger partial charge in [0, 0.05) is 0 Å². The van der Waals surface area contributed by atoms with E-state index < -0.39 is 0 Å². The van der Waals surface area contributed by atoms with Gasteiger partial charge in [0.25, 0.3) is 0 Å². The molecule has 4 aromatic rings. The van der Waals surface area contributed by atoms with Gasteiger partial charge in [0.05, 0.1) is 14.2 Å². The molecule has 6 rings (SSSR count). The van der Waals surface area contributed by atoms with Crippen LogP contribution in [0, 0.1) is 5.41 Å². The summed E-state index contributed by atoms with van der Waals surface area (Å²) in [6, 6.07) is 37.4. The van der Waals surface area contributed by atoms with Gasteiger partial charge in [-0.15, -0.1) is 0 Å². The lowest BCUT2D eigenvalue weighted by molar-refractivity contribution is 0.244. The second kappa shape index (κ2) is 10.5. The number of benzene rings is 4. The molecule has 0 atom stereocenters. The fourth-order valence-corrected chi connectivity index (χ4v) is 6.84. The quantitative estimate of drug-likeness (QED) is 0.262. The van der Waals surface area contributed by atoms with Crippen molar-refractivity contribution in [3.05, 3.63) is 120 Å². The summed E-state index contributed by atoms with van der Waals surface area (Å²) < 4.78 is 10.9. The van der Waals surface area contributed by atoms with E-state index in [1.54, 1.807) is 19.8 Å². The standard InChI is InChI=1S/C36H36O2/c1-37-32-16-12-30(13-17-32)34-22-25-36(35(34)31-14-18-33(38-2)19-15-31)23-20-29(21-24-36)28-10-8-27(9-11-28)26-6-4-3-5-7-26/h3-19,29H,20-25H2,1-2H3. The smallest absolute Gasteiger partial charge is 0.118 e. The highest BCUT2D eigenvalue weighted by molar-refractivity contribution is 5.96. The number of rotatable bonds is 6. The summed E-state index contributed by atoms with van der Waals surface area (Å²) >= 11 is 0. The number of ether oxygens (including phenoxy) is 2. The minimum atomic E-state index is 0.240. The Morgan fingerprint density at radius 1 is 0.553 bits per heavy atom. The van der Waals surface area contributed by atoms with Gasteiger partial charge in [0.15, 0.2) is 0 Å². The maximum Gasteiger partial charge on any atom is 0.118 e. The van der Waals surface area contributed by atoms with Crippen LogP contribution in [0.4, 0.5) is 0 Å². The normalized spacial score (nSPS) is 21.1. The predicted molar refractivity (Wildman–Crippen MR) is 158 cm³/mol. The van der Waals surface area contributed by atoms with Gasteiger partial charge in [-0.25, -0.2) is 0 Å². The Morgan fingerprint density at radius 3 is 1.66 bits per heavy atom. The molecule has 0 saturated heterocycles. The second-order valence-corrected chi connectivity index (χ2v) is 10.9. The van der Waals surface area contributed by atoms with Crippen LogP contribution in [0.25, 0.3) is 22.3 Å². The number of hydrogen-bond acceptors (Lipinski definition) is 2. The first kappa shape index (κ1) is 24.6. The van der Waals surface area contributed by atoms with Crippen molar-refractivity contribution in [1.29, 1.82) is 0 Å². The molecular formula is C36H36O2. The highest BCUT2D eigenvalue weighted by atomic mass is 16.5. The molecule has 2 aliphatic rings. The SMILES string of the molecule is COc1ccc(C2=C(c3ccc(OC)cc3)C3(CC2)CCC(c2ccc(-c4ccccc4)cc2)CC3)cc1. The third-order valence-corrected chi connectivity index (χ3v) is 8.93. The molecule has 2 heteroatoms. The van der Waals surface area contributed by atoms with Gasteiger partial charge in [-0.2, -0.15) is 0 Å². The van der Waals surface area contributed by atoms with Crippen molar-refractivity contribution in [2.24, 2.45) is 5.41 Å². The first-order valence-electron chi connectivity index (χ1n) is 13.9. The molecule has 0 aliphatic heterocycles. The van der Waals surface area contributed by atoms with Gasteiger partial charge in [-0.3, -0.25) is 0 Å². The zero-order chi connectivity index (χ0) is 26.0. The summed E-state index contributed by atoms with van der Waals surface area (Å²) in [4.78, 5) is 0. The molecule has 2 nitrogen and oxygen atoms in total. The number of hydrogen-bond donors (Lipinski definition) is 0. The van der Waals surface area contributed by atoms with E-state index in [1.807, 2.05) is 0 Å². The lowest BCUT2D eigenvalue weighted by atomic mass is 9.64. The van der Waals surface area contributed by atoms with Crippen molar-refractivity contribution < 1.29 is 9.47 Å². The molecule has 0 unspecified atom stereocenters. The summed E-state index contributed by atoms with van der Waals surface area (Å²) in [7, 11) is 3.47. The fourth-order valence-electron chi connectivity index (χ4n) is 6.84. The van der Waals surface area contributed by atoms with E-state index in [9.17, 15) is 0 Å². The van der Waals surface area contributed by atoms with Crippen LogP contribution in [0.1, 0.15) is 61.1 Å². The summed E-state index contributed by atoms with van der Waals surface area (Å²) in [6.45, 7) is 0. The van der Waals surface area contributed by atoms with Crippen molar-refractivity contribution in [1.82, 2.24) is 0 Å². The molecule has 0 N–H and O–H groups in total. The van der Waals surface area contributed by atoms with Crippen molar-refractivity contribution in [3.63, 3.8) is 0 Å². The Hall–Kier alpha value is -3.78. The summed E-state index contributed by atoms with van der Waals surface area (Å²) in [5.74, 6) is 2.45. The first-order valence-corrected chi connectivity index (χ1v) is 13.9. The zero-order valence-electron chi connectivity index (χ0n) is 22.5. The Balaban J connectivity index is 1.28. The molecule has 0 bridgehead atoms. The van der Waals surface area contributed by atoms with Crippen LogP contribution in [0.2, 0.25) is 0 Å². The van der Waals surface area contributed by atoms with Crippen LogP contribution >= 0.6 is 0 Å². The van der Waals surface area contributed by atoms with Gasteiger partial charge >= 0.3 is 0 Å². The maximum atomic E-state index is 5.48. The molecule has 1 fully saturated rings. The summed E-state index contributed by atoms with van der Waals surface area (Å²) in [5.41, 5.74) is 10.0. The molecule has 38 heavy (non-hydrogen) atoms. The average Bonchev–Trinajstić information content (AvgIpc) is 3.36. The minimum absolute atomic E-state index is 0.240. The average molecular weight is 501 g/mol. The molecule has 192 valence electrons. The van der Waals surface area contributed by atoms with Crippen LogP contribution in [0.5, 0.6) is 11.5 Å². The van der Waals surface area contributed by atoms with E-state index in [0.717, 1.165) is 17.9 Å². The molecular weight excluding hydrogens is 464 g/mol. The van der Waals surface area contributed by atoms with Gasteiger partial charge in [-0.05, 0) is 113 Å². The van der Waals surface area contributed by atoms with Crippen molar-refractivity contribution in [2.45, 2.75) is 44.4 Å². The van der Waals surface area contributed by atoms with E-state index >= 15 is 0 Å². The van der Waals surface area contributed by atoms with Crippen molar-refractivity contribution in [2.75, 3.05) is 14.2 Å². The van der Waals surface area contributed by atoms with Crippen molar-refractivity contribution in [3.8, 4) is 22.6 Å². The Morgan fingerprint density at radius 2 is 1.08 bits per heavy atom. The number of methoxy groups -OCH3 is 2. The van der Waals surface area contributed by atoms with Crippen LogP contribution in [-0.4, -0.2) is 14.2 Å². The van der Waals surface area contributed by atoms with E-state index in [-0.39, 0.29) is 5.41 Å². The van der Waals surface area contributed by atoms with E-state index in [2.05, 4.69) is 103 Å². The van der Waals surface area contributed by atoms with Crippen LogP contribution in [-0.2, 0) is 0 Å². The minimum Gasteiger partial charge on any atom is -0.497 e. The molecule has 1 saturated carbocycles. The molecule has 0 amide bonds. The van der Waals surface area contributed by atoms with E-state index in [1.165, 1.54) is 65.5 Å². The van der Waals surface area contributed by atoms with Gasteiger partial charge < -0.3 is 9.47 Å². The Kier molecular flexibility index (Phi) is 6.81. The third kappa shape index (κ3) is 4.65. The van der Waals surface area contributed by atoms with Gasteiger partial charge in [-0.1, -0.05) is 78.9 Å². The first-order chi connectivity index (χ1) is 18.7. The summed E-state index contributed by atoms with van der Waals surface area (Å²) in [6.07, 6.45) is 7.30. The third-order valence-electron chi connectivity index (χ3n) is 8.93. The molecule has 0 aromatic heterocycles. The van der Waals surface area contributed by atoms with Gasteiger partial charge in [0.2, 0.25) is 0 Å². The lowest BCUT2D eigenvalue weighted by Crippen LogP contribution is -2.26. The highest BCUT2D eigenvalue weighted by Crippen LogP contribution is 2.60.